The van der Waals surface area contributed by atoms with Gasteiger partial charge in [0.1, 0.15) is 11.5 Å². The molecule has 7 heteroatoms. The van der Waals surface area contributed by atoms with Crippen LogP contribution in [0.1, 0.15) is 37.8 Å². The Morgan fingerprint density at radius 2 is 1.64 bits per heavy atom. The molecular weight excluding hydrogens is 378 g/mol. The van der Waals surface area contributed by atoms with E-state index in [2.05, 4.69) is 5.32 Å². The van der Waals surface area contributed by atoms with E-state index in [1.165, 1.54) is 6.26 Å². The molecule has 0 aromatic heterocycles. The molecule has 28 heavy (non-hydrogen) atoms. The fourth-order valence-corrected chi connectivity index (χ4v) is 3.36. The van der Waals surface area contributed by atoms with Crippen LogP contribution in [0.4, 0.5) is 0 Å². The summed E-state index contributed by atoms with van der Waals surface area (Å²) in [5, 5.41) is 2.99. The average molecular weight is 406 g/mol. The van der Waals surface area contributed by atoms with Gasteiger partial charge in [0.25, 0.3) is 0 Å². The van der Waals surface area contributed by atoms with Gasteiger partial charge >= 0.3 is 0 Å². The minimum Gasteiger partial charge on any atom is -0.497 e. The third-order valence-corrected chi connectivity index (χ3v) is 5.46. The molecule has 0 aliphatic carbocycles. The number of hydrogen-bond donors (Lipinski definition) is 1. The molecule has 0 heterocycles. The van der Waals surface area contributed by atoms with E-state index < -0.39 is 9.84 Å². The van der Waals surface area contributed by atoms with Gasteiger partial charge in [-0.15, -0.1) is 0 Å². The van der Waals surface area contributed by atoms with Crippen LogP contribution in [-0.4, -0.2) is 34.3 Å². The zero-order valence-electron chi connectivity index (χ0n) is 16.5. The molecule has 0 unspecified atom stereocenters. The number of methoxy groups -OCH3 is 1. The molecule has 1 N–H and O–H groups in total. The van der Waals surface area contributed by atoms with Crippen molar-refractivity contribution in [1.82, 2.24) is 5.32 Å². The van der Waals surface area contributed by atoms with Crippen LogP contribution in [0.25, 0.3) is 0 Å². The topological polar surface area (TPSA) is 81.7 Å². The summed E-state index contributed by atoms with van der Waals surface area (Å²) in [5.74, 6) is 1.44. The van der Waals surface area contributed by atoms with E-state index in [4.69, 9.17) is 9.47 Å². The van der Waals surface area contributed by atoms with E-state index in [1.54, 1.807) is 31.4 Å². The van der Waals surface area contributed by atoms with Gasteiger partial charge in [-0.1, -0.05) is 19.1 Å². The zero-order chi connectivity index (χ0) is 20.6. The van der Waals surface area contributed by atoms with Gasteiger partial charge in [-0.25, -0.2) is 8.42 Å². The van der Waals surface area contributed by atoms with Crippen LogP contribution in [0.2, 0.25) is 0 Å². The molecule has 0 aliphatic rings. The summed E-state index contributed by atoms with van der Waals surface area (Å²) in [5.41, 5.74) is 0.887. The summed E-state index contributed by atoms with van der Waals surface area (Å²) < 4.78 is 33.8. The van der Waals surface area contributed by atoms with Crippen LogP contribution < -0.4 is 14.8 Å². The molecule has 0 radical (unpaired) electrons. The Morgan fingerprint density at radius 1 is 1.04 bits per heavy atom. The largest absolute Gasteiger partial charge is 0.497 e. The Balaban J connectivity index is 1.80. The Morgan fingerprint density at radius 3 is 2.18 bits per heavy atom. The van der Waals surface area contributed by atoms with Crippen molar-refractivity contribution in [1.29, 1.82) is 0 Å². The van der Waals surface area contributed by atoms with Crippen molar-refractivity contribution in [2.45, 2.75) is 37.1 Å². The van der Waals surface area contributed by atoms with Crippen molar-refractivity contribution < 1.29 is 22.7 Å². The fraction of sp³-hybridized carbons (Fsp3) is 0.381. The average Bonchev–Trinajstić information content (AvgIpc) is 2.69. The second kappa shape index (κ2) is 10.1. The van der Waals surface area contributed by atoms with E-state index in [0.29, 0.717) is 25.9 Å². The molecule has 1 atom stereocenters. The van der Waals surface area contributed by atoms with Gasteiger partial charge < -0.3 is 14.8 Å². The van der Waals surface area contributed by atoms with E-state index in [1.807, 2.05) is 31.2 Å². The first-order valence-corrected chi connectivity index (χ1v) is 11.1. The third kappa shape index (κ3) is 6.56. The number of amides is 1. The lowest BCUT2D eigenvalue weighted by atomic mass is 10.0. The van der Waals surface area contributed by atoms with Crippen molar-refractivity contribution in [3.05, 3.63) is 54.1 Å². The molecule has 0 fully saturated rings. The monoisotopic (exact) mass is 405 g/mol. The number of carbonyl (C=O) groups is 1. The number of sulfone groups is 1. The maximum Gasteiger partial charge on any atom is 0.220 e. The summed E-state index contributed by atoms with van der Waals surface area (Å²) in [7, 11) is -1.62. The van der Waals surface area contributed by atoms with Gasteiger partial charge in [0.05, 0.1) is 24.7 Å². The first-order chi connectivity index (χ1) is 13.3. The van der Waals surface area contributed by atoms with Crippen LogP contribution in [-0.2, 0) is 14.6 Å². The van der Waals surface area contributed by atoms with Crippen LogP contribution >= 0.6 is 0 Å². The number of nitrogens with one attached hydrogen (secondary N) is 1. The highest BCUT2D eigenvalue weighted by Crippen LogP contribution is 2.20. The predicted molar refractivity (Wildman–Crippen MR) is 108 cm³/mol. The van der Waals surface area contributed by atoms with Gasteiger partial charge in [-0.2, -0.15) is 0 Å². The van der Waals surface area contributed by atoms with E-state index in [-0.39, 0.29) is 16.8 Å². The van der Waals surface area contributed by atoms with Gasteiger partial charge in [0.15, 0.2) is 9.84 Å². The van der Waals surface area contributed by atoms with E-state index in [0.717, 1.165) is 17.1 Å². The number of carbonyl (C=O) groups excluding carboxylic acids is 1. The molecule has 0 aliphatic heterocycles. The Hall–Kier alpha value is -2.54. The van der Waals surface area contributed by atoms with Crippen molar-refractivity contribution in [2.24, 2.45) is 0 Å². The van der Waals surface area contributed by atoms with Crippen LogP contribution in [0.5, 0.6) is 11.5 Å². The molecular formula is C21H27NO5S. The predicted octanol–water partition coefficient (Wildman–Crippen LogP) is 3.53. The maximum atomic E-state index is 12.2. The second-order valence-corrected chi connectivity index (χ2v) is 8.51. The summed E-state index contributed by atoms with van der Waals surface area (Å²) in [4.78, 5) is 12.5. The van der Waals surface area contributed by atoms with Crippen molar-refractivity contribution >= 4 is 15.7 Å². The molecule has 152 valence electrons. The molecule has 0 spiro atoms. The fourth-order valence-electron chi connectivity index (χ4n) is 2.73. The molecule has 0 bridgehead atoms. The van der Waals surface area contributed by atoms with E-state index in [9.17, 15) is 13.2 Å². The van der Waals surface area contributed by atoms with Crippen LogP contribution in [0, 0.1) is 0 Å². The second-order valence-electron chi connectivity index (χ2n) is 6.50. The smallest absolute Gasteiger partial charge is 0.220 e. The minimum atomic E-state index is -3.23. The summed E-state index contributed by atoms with van der Waals surface area (Å²) in [6.07, 6.45) is 2.84. The minimum absolute atomic E-state index is 0.0580. The quantitative estimate of drug-likeness (QED) is 0.612. The highest BCUT2D eigenvalue weighted by Gasteiger charge is 2.14. The maximum absolute atomic E-state index is 12.2. The first-order valence-electron chi connectivity index (χ1n) is 9.19. The van der Waals surface area contributed by atoms with Gasteiger partial charge in [0.2, 0.25) is 5.91 Å². The standard InChI is InChI=1S/C21H27NO5S/c1-4-20(16-7-13-19(14-8-16)28(3,24)25)22-21(23)6-5-15-27-18-11-9-17(26-2)10-12-18/h7-14,20H,4-6,15H2,1-3H3,(H,22,23)/t20-/m0/s1. The molecule has 6 nitrogen and oxygen atoms in total. The SMILES string of the molecule is CC[C@H](NC(=O)CCCOc1ccc(OC)cc1)c1ccc(S(C)(=O)=O)cc1. The summed E-state index contributed by atoms with van der Waals surface area (Å²) in [6, 6.07) is 13.8. The lowest BCUT2D eigenvalue weighted by Crippen LogP contribution is -2.28. The van der Waals surface area contributed by atoms with E-state index >= 15 is 0 Å². The Bertz CT molecular complexity index is 861. The normalized spacial score (nSPS) is 12.2. The summed E-state index contributed by atoms with van der Waals surface area (Å²) in [6.45, 7) is 2.42. The highest BCUT2D eigenvalue weighted by molar-refractivity contribution is 7.90. The van der Waals surface area contributed by atoms with Gasteiger partial charge in [-0.05, 0) is 54.8 Å². The zero-order valence-corrected chi connectivity index (χ0v) is 17.3. The molecule has 1 amide bonds. The lowest BCUT2D eigenvalue weighted by Gasteiger charge is -2.18. The molecule has 2 rings (SSSR count). The van der Waals surface area contributed by atoms with Crippen LogP contribution in [0.15, 0.2) is 53.4 Å². The van der Waals surface area contributed by atoms with Crippen molar-refractivity contribution in [2.75, 3.05) is 20.0 Å². The molecule has 0 saturated heterocycles. The Labute approximate surface area is 166 Å². The number of hydrogen-bond acceptors (Lipinski definition) is 5. The number of rotatable bonds is 10. The third-order valence-electron chi connectivity index (χ3n) is 4.33. The molecule has 2 aromatic rings. The van der Waals surface area contributed by atoms with Crippen molar-refractivity contribution in [3.8, 4) is 11.5 Å². The summed E-state index contributed by atoms with van der Waals surface area (Å²) >= 11 is 0. The van der Waals surface area contributed by atoms with Gasteiger partial charge in [-0.3, -0.25) is 4.79 Å². The number of ether oxygens (including phenoxy) is 2. The first kappa shape index (κ1) is 21.8. The highest BCUT2D eigenvalue weighted by atomic mass is 32.2. The number of benzene rings is 2. The van der Waals surface area contributed by atoms with Gasteiger partial charge in [0, 0.05) is 12.7 Å². The molecule has 2 aromatic carbocycles. The lowest BCUT2D eigenvalue weighted by molar-refractivity contribution is -0.122. The molecule has 0 saturated carbocycles. The van der Waals surface area contributed by atoms with Crippen molar-refractivity contribution in [3.63, 3.8) is 0 Å². The Kier molecular flexibility index (Phi) is 7.87. The van der Waals surface area contributed by atoms with Crippen LogP contribution in [0.3, 0.4) is 0 Å².